The van der Waals surface area contributed by atoms with Gasteiger partial charge in [-0.2, -0.15) is 13.2 Å². The highest BCUT2D eigenvalue weighted by Crippen LogP contribution is 2.39. The van der Waals surface area contributed by atoms with Gasteiger partial charge in [0.2, 0.25) is 0 Å². The molecule has 1 aliphatic rings. The molecule has 1 aromatic carbocycles. The summed E-state index contributed by atoms with van der Waals surface area (Å²) in [4.78, 5) is 0. The number of rotatable bonds is 5. The van der Waals surface area contributed by atoms with E-state index in [2.05, 4.69) is 11.4 Å². The van der Waals surface area contributed by atoms with E-state index >= 15 is 0 Å². The summed E-state index contributed by atoms with van der Waals surface area (Å²) < 4.78 is 36.9. The average molecular weight is 257 g/mol. The van der Waals surface area contributed by atoms with E-state index in [1.807, 2.05) is 25.1 Å². The van der Waals surface area contributed by atoms with Crippen molar-refractivity contribution in [3.05, 3.63) is 35.4 Å². The van der Waals surface area contributed by atoms with Gasteiger partial charge >= 0.3 is 6.18 Å². The van der Waals surface area contributed by atoms with E-state index in [0.717, 1.165) is 6.42 Å². The van der Waals surface area contributed by atoms with Crippen molar-refractivity contribution in [1.82, 2.24) is 5.32 Å². The third kappa shape index (κ3) is 3.05. The minimum atomic E-state index is -4.06. The molecule has 100 valence electrons. The van der Waals surface area contributed by atoms with Crippen LogP contribution in [0, 0.1) is 0 Å². The molecule has 0 spiro atoms. The molecule has 1 aliphatic carbocycles. The maximum absolute atomic E-state index is 12.3. The van der Waals surface area contributed by atoms with Crippen molar-refractivity contribution in [2.24, 2.45) is 0 Å². The van der Waals surface area contributed by atoms with Crippen LogP contribution in [0.15, 0.2) is 24.3 Å². The van der Waals surface area contributed by atoms with Crippen LogP contribution < -0.4 is 5.32 Å². The Morgan fingerprint density at radius 2 is 2.06 bits per heavy atom. The van der Waals surface area contributed by atoms with Crippen molar-refractivity contribution in [2.75, 3.05) is 6.54 Å². The number of halogens is 3. The topological polar surface area (TPSA) is 12.0 Å². The van der Waals surface area contributed by atoms with Crippen molar-refractivity contribution < 1.29 is 13.2 Å². The summed E-state index contributed by atoms with van der Waals surface area (Å²) in [6.45, 7) is 2.65. The van der Waals surface area contributed by atoms with E-state index in [4.69, 9.17) is 0 Å². The number of hydrogen-bond donors (Lipinski definition) is 1. The van der Waals surface area contributed by atoms with Crippen molar-refractivity contribution in [3.63, 3.8) is 0 Å². The molecule has 0 bridgehead atoms. The number of fused-ring (bicyclic) bond motifs is 1. The normalized spacial score (nSPS) is 20.1. The molecule has 0 saturated heterocycles. The molecule has 0 aromatic heterocycles. The first-order valence-corrected chi connectivity index (χ1v) is 6.39. The second kappa shape index (κ2) is 5.31. The Kier molecular flexibility index (Phi) is 3.95. The van der Waals surface area contributed by atoms with Gasteiger partial charge in [-0.3, -0.25) is 0 Å². The second-order valence-electron chi connectivity index (χ2n) is 4.83. The number of likely N-dealkylation sites (N-methyl/N-ethyl adjacent to an activating group) is 1. The Labute approximate surface area is 105 Å². The van der Waals surface area contributed by atoms with Crippen molar-refractivity contribution in [2.45, 2.75) is 44.3 Å². The van der Waals surface area contributed by atoms with Crippen LogP contribution >= 0.6 is 0 Å². The molecule has 4 heteroatoms. The van der Waals surface area contributed by atoms with Crippen LogP contribution in [0.2, 0.25) is 0 Å². The molecule has 1 nitrogen and oxygen atoms in total. The number of alkyl halides is 3. The summed E-state index contributed by atoms with van der Waals surface area (Å²) in [5.41, 5.74) is 2.49. The van der Waals surface area contributed by atoms with Crippen LogP contribution in [0.4, 0.5) is 13.2 Å². The van der Waals surface area contributed by atoms with Crippen molar-refractivity contribution >= 4 is 0 Å². The summed E-state index contributed by atoms with van der Waals surface area (Å²) in [6, 6.07) is 7.96. The van der Waals surface area contributed by atoms with E-state index in [9.17, 15) is 13.2 Å². The maximum atomic E-state index is 12.3. The molecular weight excluding hydrogens is 239 g/mol. The zero-order valence-corrected chi connectivity index (χ0v) is 10.4. The molecule has 0 aliphatic heterocycles. The second-order valence-corrected chi connectivity index (χ2v) is 4.83. The van der Waals surface area contributed by atoms with Crippen LogP contribution in [0.25, 0.3) is 0 Å². The van der Waals surface area contributed by atoms with Gasteiger partial charge in [-0.1, -0.05) is 31.2 Å². The molecule has 0 fully saturated rings. The number of nitrogens with one attached hydrogen (secondary N) is 1. The number of hydrogen-bond acceptors (Lipinski definition) is 1. The average Bonchev–Trinajstić information content (AvgIpc) is 2.26. The van der Waals surface area contributed by atoms with Gasteiger partial charge in [0.15, 0.2) is 0 Å². The molecule has 0 amide bonds. The Morgan fingerprint density at radius 1 is 1.33 bits per heavy atom. The SMILES string of the molecule is CCNC(CCC(F)(F)F)C1Cc2ccccc21. The molecule has 0 heterocycles. The van der Waals surface area contributed by atoms with Gasteiger partial charge in [-0.25, -0.2) is 0 Å². The Bertz CT molecular complexity index is 400. The third-order valence-corrected chi connectivity index (χ3v) is 3.59. The van der Waals surface area contributed by atoms with Gasteiger partial charge in [-0.05, 0) is 30.5 Å². The highest BCUT2D eigenvalue weighted by Gasteiger charge is 2.35. The lowest BCUT2D eigenvalue weighted by atomic mass is 9.72. The monoisotopic (exact) mass is 257 g/mol. The lowest BCUT2D eigenvalue weighted by Gasteiger charge is -2.37. The first kappa shape index (κ1) is 13.4. The van der Waals surface area contributed by atoms with Crippen molar-refractivity contribution in [1.29, 1.82) is 0 Å². The quantitative estimate of drug-likeness (QED) is 0.849. The third-order valence-electron chi connectivity index (χ3n) is 3.59. The molecule has 2 atom stereocenters. The van der Waals surface area contributed by atoms with Gasteiger partial charge in [0.1, 0.15) is 0 Å². The van der Waals surface area contributed by atoms with Crippen LogP contribution in [0.3, 0.4) is 0 Å². The predicted octanol–water partition coefficient (Wildman–Crippen LogP) is 3.65. The maximum Gasteiger partial charge on any atom is 0.389 e. The van der Waals surface area contributed by atoms with Crippen LogP contribution in [0.1, 0.15) is 36.8 Å². The van der Waals surface area contributed by atoms with E-state index in [-0.39, 0.29) is 18.4 Å². The fraction of sp³-hybridized carbons (Fsp3) is 0.571. The molecule has 2 rings (SSSR count). The Balaban J connectivity index is 2.00. The fourth-order valence-electron chi connectivity index (χ4n) is 2.68. The molecular formula is C14H18F3N. The first-order valence-electron chi connectivity index (χ1n) is 6.39. The van der Waals surface area contributed by atoms with Crippen LogP contribution in [-0.4, -0.2) is 18.8 Å². The largest absolute Gasteiger partial charge is 0.389 e. The lowest BCUT2D eigenvalue weighted by Crippen LogP contribution is -2.40. The molecule has 1 N–H and O–H groups in total. The zero-order chi connectivity index (χ0) is 13.2. The van der Waals surface area contributed by atoms with Crippen LogP contribution in [-0.2, 0) is 6.42 Å². The van der Waals surface area contributed by atoms with Gasteiger partial charge in [-0.15, -0.1) is 0 Å². The van der Waals surface area contributed by atoms with Gasteiger partial charge in [0, 0.05) is 18.4 Å². The fourth-order valence-corrected chi connectivity index (χ4v) is 2.68. The smallest absolute Gasteiger partial charge is 0.314 e. The molecule has 2 unspecified atom stereocenters. The van der Waals surface area contributed by atoms with Gasteiger partial charge in [0.05, 0.1) is 0 Å². The van der Waals surface area contributed by atoms with Gasteiger partial charge in [0.25, 0.3) is 0 Å². The molecule has 18 heavy (non-hydrogen) atoms. The summed E-state index contributed by atoms with van der Waals surface area (Å²) >= 11 is 0. The Hall–Kier alpha value is -1.03. The molecule has 1 aromatic rings. The van der Waals surface area contributed by atoms with Crippen molar-refractivity contribution in [3.8, 4) is 0 Å². The minimum Gasteiger partial charge on any atom is -0.314 e. The summed E-state index contributed by atoms with van der Waals surface area (Å²) in [6.07, 6.45) is -3.71. The van der Waals surface area contributed by atoms with Crippen LogP contribution in [0.5, 0.6) is 0 Å². The standard InChI is InChI=1S/C14H18F3N/c1-2-18-13(7-8-14(15,16)17)12-9-10-5-3-4-6-11(10)12/h3-6,12-13,18H,2,7-9H2,1H3. The highest BCUT2D eigenvalue weighted by atomic mass is 19.4. The van der Waals surface area contributed by atoms with Gasteiger partial charge < -0.3 is 5.32 Å². The first-order chi connectivity index (χ1) is 8.51. The lowest BCUT2D eigenvalue weighted by molar-refractivity contribution is -0.137. The number of benzene rings is 1. The summed E-state index contributed by atoms with van der Waals surface area (Å²) in [5.74, 6) is 0.239. The summed E-state index contributed by atoms with van der Waals surface area (Å²) in [7, 11) is 0. The molecule has 0 radical (unpaired) electrons. The van der Waals surface area contributed by atoms with E-state index in [1.54, 1.807) is 0 Å². The minimum absolute atomic E-state index is 0.0634. The highest BCUT2D eigenvalue weighted by molar-refractivity contribution is 5.41. The summed E-state index contributed by atoms with van der Waals surface area (Å²) in [5, 5.41) is 3.20. The molecule has 0 saturated carbocycles. The van der Waals surface area contributed by atoms with E-state index < -0.39 is 12.6 Å². The predicted molar refractivity (Wildman–Crippen MR) is 65.6 cm³/mol. The Morgan fingerprint density at radius 3 is 2.67 bits per heavy atom. The van der Waals surface area contributed by atoms with E-state index in [1.165, 1.54) is 11.1 Å². The van der Waals surface area contributed by atoms with E-state index in [0.29, 0.717) is 6.54 Å². The zero-order valence-electron chi connectivity index (χ0n) is 10.4.